The van der Waals surface area contributed by atoms with Gasteiger partial charge in [0.25, 0.3) is 5.91 Å². The number of amides is 1. The van der Waals surface area contributed by atoms with E-state index in [1.54, 1.807) is 6.92 Å². The number of hydrogen-bond donors (Lipinski definition) is 1. The van der Waals surface area contributed by atoms with Crippen LogP contribution in [0.5, 0.6) is 5.75 Å². The quantitative estimate of drug-likeness (QED) is 0.748. The number of aryl methyl sites for hydroxylation is 3. The average Bonchev–Trinajstić information content (AvgIpc) is 2.98. The molecule has 5 heteroatoms. The summed E-state index contributed by atoms with van der Waals surface area (Å²) in [6.45, 7) is 6.07. The van der Waals surface area contributed by atoms with Gasteiger partial charge in [-0.25, -0.2) is 0 Å². The Labute approximate surface area is 146 Å². The summed E-state index contributed by atoms with van der Waals surface area (Å²) in [7, 11) is 0. The molecule has 3 aromatic rings. The number of ether oxygens (including phenoxy) is 1. The van der Waals surface area contributed by atoms with E-state index in [9.17, 15) is 4.79 Å². The van der Waals surface area contributed by atoms with E-state index in [1.807, 2.05) is 55.5 Å². The highest BCUT2D eigenvalue weighted by molar-refractivity contribution is 6.03. The van der Waals surface area contributed by atoms with Crippen LogP contribution in [0.25, 0.3) is 0 Å². The van der Waals surface area contributed by atoms with Crippen molar-refractivity contribution < 1.29 is 14.1 Å². The van der Waals surface area contributed by atoms with Gasteiger partial charge in [-0.3, -0.25) is 4.79 Å². The highest BCUT2D eigenvalue weighted by Crippen LogP contribution is 2.21. The zero-order chi connectivity index (χ0) is 17.8. The van der Waals surface area contributed by atoms with E-state index in [0.717, 1.165) is 11.3 Å². The molecular formula is C20H20N2O3. The first-order chi connectivity index (χ1) is 12.0. The second kappa shape index (κ2) is 7.21. The van der Waals surface area contributed by atoms with E-state index in [1.165, 1.54) is 5.56 Å². The number of rotatable bonds is 5. The third kappa shape index (κ3) is 3.88. The van der Waals surface area contributed by atoms with Crippen LogP contribution >= 0.6 is 0 Å². The lowest BCUT2D eigenvalue weighted by Crippen LogP contribution is -2.15. The van der Waals surface area contributed by atoms with E-state index in [0.29, 0.717) is 17.0 Å². The van der Waals surface area contributed by atoms with Crippen LogP contribution in [0, 0.1) is 20.8 Å². The summed E-state index contributed by atoms with van der Waals surface area (Å²) in [6.07, 6.45) is 0. The van der Waals surface area contributed by atoms with Crippen molar-refractivity contribution in [3.8, 4) is 5.75 Å². The molecule has 0 unspecified atom stereocenters. The minimum atomic E-state index is -0.318. The third-order valence-corrected chi connectivity index (χ3v) is 4.09. The van der Waals surface area contributed by atoms with Crippen LogP contribution in [-0.2, 0) is 6.61 Å². The van der Waals surface area contributed by atoms with Gasteiger partial charge >= 0.3 is 0 Å². The first-order valence-electron chi connectivity index (χ1n) is 8.06. The van der Waals surface area contributed by atoms with Gasteiger partial charge in [-0.1, -0.05) is 29.4 Å². The molecule has 3 rings (SSSR count). The number of benzene rings is 2. The minimum Gasteiger partial charge on any atom is -0.489 e. The van der Waals surface area contributed by atoms with E-state index < -0.39 is 0 Å². The monoisotopic (exact) mass is 336 g/mol. The Hall–Kier alpha value is -3.08. The number of para-hydroxylation sites is 1. The maximum absolute atomic E-state index is 12.5. The first-order valence-corrected chi connectivity index (χ1v) is 8.06. The Morgan fingerprint density at radius 3 is 2.56 bits per heavy atom. The summed E-state index contributed by atoms with van der Waals surface area (Å²) in [5.41, 5.74) is 3.95. The molecule has 25 heavy (non-hydrogen) atoms. The molecule has 1 amide bonds. The van der Waals surface area contributed by atoms with Crippen molar-refractivity contribution in [3.05, 3.63) is 76.7 Å². The zero-order valence-electron chi connectivity index (χ0n) is 14.5. The maximum Gasteiger partial charge on any atom is 0.278 e. The fourth-order valence-corrected chi connectivity index (χ4v) is 2.41. The smallest absolute Gasteiger partial charge is 0.278 e. The van der Waals surface area contributed by atoms with Crippen LogP contribution in [0.15, 0.2) is 53.1 Å². The molecule has 0 aliphatic rings. The predicted molar refractivity (Wildman–Crippen MR) is 95.9 cm³/mol. The lowest BCUT2D eigenvalue weighted by atomic mass is 10.1. The van der Waals surface area contributed by atoms with Crippen LogP contribution in [-0.4, -0.2) is 11.1 Å². The molecule has 1 heterocycles. The molecule has 0 bridgehead atoms. The lowest BCUT2D eigenvalue weighted by Gasteiger charge is -2.09. The molecular weight excluding hydrogens is 316 g/mol. The summed E-state index contributed by atoms with van der Waals surface area (Å²) in [6, 6.07) is 15.1. The van der Waals surface area contributed by atoms with Crippen molar-refractivity contribution in [2.45, 2.75) is 27.4 Å². The number of nitrogens with zero attached hydrogens (tertiary/aromatic N) is 1. The molecule has 0 fully saturated rings. The van der Waals surface area contributed by atoms with Gasteiger partial charge in [-0.05, 0) is 56.2 Å². The van der Waals surface area contributed by atoms with Crippen LogP contribution < -0.4 is 10.1 Å². The number of carbonyl (C=O) groups excluding carboxylic acids is 1. The zero-order valence-corrected chi connectivity index (χ0v) is 14.5. The van der Waals surface area contributed by atoms with Gasteiger partial charge < -0.3 is 14.6 Å². The van der Waals surface area contributed by atoms with Gasteiger partial charge in [0.05, 0.1) is 5.56 Å². The molecule has 0 aliphatic heterocycles. The van der Waals surface area contributed by atoms with Crippen molar-refractivity contribution in [3.63, 3.8) is 0 Å². The topological polar surface area (TPSA) is 64.4 Å². The Kier molecular flexibility index (Phi) is 4.84. The molecule has 5 nitrogen and oxygen atoms in total. The van der Waals surface area contributed by atoms with Crippen molar-refractivity contribution in [1.29, 1.82) is 0 Å². The Balaban J connectivity index is 1.75. The Morgan fingerprint density at radius 1 is 1.08 bits per heavy atom. The van der Waals surface area contributed by atoms with Crippen LogP contribution in [0.4, 0.5) is 5.69 Å². The fourth-order valence-electron chi connectivity index (χ4n) is 2.41. The summed E-state index contributed by atoms with van der Waals surface area (Å²) in [4.78, 5) is 12.5. The van der Waals surface area contributed by atoms with Crippen LogP contribution in [0.1, 0.15) is 32.9 Å². The van der Waals surface area contributed by atoms with Gasteiger partial charge in [0.2, 0.25) is 0 Å². The van der Waals surface area contributed by atoms with Crippen molar-refractivity contribution in [2.24, 2.45) is 0 Å². The number of nitrogens with one attached hydrogen (secondary N) is 1. The highest BCUT2D eigenvalue weighted by atomic mass is 16.5. The molecule has 0 spiro atoms. The standard InChI is InChI=1S/C20H20N2O3/c1-13-9-10-17(11-14(13)2)24-12-18-15(3)25-22-19(18)20(23)21-16-7-5-4-6-8-16/h4-11H,12H2,1-3H3,(H,21,23). The average molecular weight is 336 g/mol. The Morgan fingerprint density at radius 2 is 1.84 bits per heavy atom. The predicted octanol–water partition coefficient (Wildman–Crippen LogP) is 4.43. The van der Waals surface area contributed by atoms with Crippen molar-refractivity contribution in [1.82, 2.24) is 5.16 Å². The van der Waals surface area contributed by atoms with E-state index >= 15 is 0 Å². The fraction of sp³-hybridized carbons (Fsp3) is 0.200. The largest absolute Gasteiger partial charge is 0.489 e. The van der Waals surface area contributed by atoms with Gasteiger partial charge in [0.15, 0.2) is 5.69 Å². The molecule has 0 saturated carbocycles. The second-order valence-corrected chi connectivity index (χ2v) is 5.92. The van der Waals surface area contributed by atoms with E-state index in [4.69, 9.17) is 9.26 Å². The summed E-state index contributed by atoms with van der Waals surface area (Å²) in [5, 5.41) is 6.70. The van der Waals surface area contributed by atoms with Gasteiger partial charge in [0.1, 0.15) is 18.1 Å². The van der Waals surface area contributed by atoms with E-state index in [-0.39, 0.29) is 18.2 Å². The van der Waals surface area contributed by atoms with E-state index in [2.05, 4.69) is 17.4 Å². The number of carbonyl (C=O) groups is 1. The normalized spacial score (nSPS) is 10.5. The van der Waals surface area contributed by atoms with Gasteiger partial charge in [0, 0.05) is 5.69 Å². The Bertz CT molecular complexity index is 885. The second-order valence-electron chi connectivity index (χ2n) is 5.92. The number of anilines is 1. The minimum absolute atomic E-state index is 0.218. The molecule has 128 valence electrons. The summed E-state index contributed by atoms with van der Waals surface area (Å²) < 4.78 is 11.0. The molecule has 2 aromatic carbocycles. The number of hydrogen-bond acceptors (Lipinski definition) is 4. The van der Waals surface area contributed by atoms with Crippen molar-refractivity contribution in [2.75, 3.05) is 5.32 Å². The summed E-state index contributed by atoms with van der Waals surface area (Å²) in [5.74, 6) is 1.00. The molecule has 0 saturated heterocycles. The first kappa shape index (κ1) is 16.8. The maximum atomic E-state index is 12.5. The van der Waals surface area contributed by atoms with Gasteiger partial charge in [-0.15, -0.1) is 0 Å². The molecule has 1 N–H and O–H groups in total. The molecule has 1 aromatic heterocycles. The highest BCUT2D eigenvalue weighted by Gasteiger charge is 2.20. The van der Waals surface area contributed by atoms with Gasteiger partial charge in [-0.2, -0.15) is 0 Å². The van der Waals surface area contributed by atoms with Crippen LogP contribution in [0.3, 0.4) is 0 Å². The molecule has 0 radical (unpaired) electrons. The SMILES string of the molecule is Cc1ccc(OCc2c(C(=O)Nc3ccccc3)noc2C)cc1C. The third-order valence-electron chi connectivity index (χ3n) is 4.09. The number of aromatic nitrogens is 1. The molecule has 0 atom stereocenters. The lowest BCUT2D eigenvalue weighted by molar-refractivity contribution is 0.101. The van der Waals surface area contributed by atoms with Crippen LogP contribution in [0.2, 0.25) is 0 Å². The molecule has 0 aliphatic carbocycles. The van der Waals surface area contributed by atoms with Crippen molar-refractivity contribution >= 4 is 11.6 Å². The summed E-state index contributed by atoms with van der Waals surface area (Å²) >= 11 is 0.